The number of methoxy groups -OCH3 is 1. The summed E-state index contributed by atoms with van der Waals surface area (Å²) in [5.74, 6) is 1.90. The van der Waals surface area contributed by atoms with Gasteiger partial charge in [0.2, 0.25) is 10.0 Å². The highest BCUT2D eigenvalue weighted by Crippen LogP contribution is 2.42. The standard InChI is InChI=1S/C14H16N2O4S/c1-8-13(20-14(16-8)9-3-4-9)10-5-6-11(19-2)12(7-10)21(15,17)18/h5-7,9H,3-4H2,1-2H3,(H2,15,17,18). The van der Waals surface area contributed by atoms with Crippen LogP contribution in [0.2, 0.25) is 0 Å². The van der Waals surface area contributed by atoms with E-state index in [1.165, 1.54) is 13.2 Å². The fourth-order valence-electron chi connectivity index (χ4n) is 2.23. The molecule has 3 rings (SSSR count). The first kappa shape index (κ1) is 14.1. The Morgan fingerprint density at radius 1 is 1.38 bits per heavy atom. The van der Waals surface area contributed by atoms with E-state index in [1.807, 2.05) is 6.92 Å². The molecule has 0 bridgehead atoms. The summed E-state index contributed by atoms with van der Waals surface area (Å²) in [4.78, 5) is 4.34. The van der Waals surface area contributed by atoms with E-state index in [-0.39, 0.29) is 10.6 Å². The number of aryl methyl sites for hydroxylation is 1. The van der Waals surface area contributed by atoms with Crippen LogP contribution in [-0.4, -0.2) is 20.5 Å². The van der Waals surface area contributed by atoms with Gasteiger partial charge in [-0.25, -0.2) is 18.5 Å². The average Bonchev–Trinajstić information content (AvgIpc) is 3.20. The van der Waals surface area contributed by atoms with Crippen LogP contribution in [0, 0.1) is 6.92 Å². The van der Waals surface area contributed by atoms with Crippen LogP contribution in [0.3, 0.4) is 0 Å². The first-order valence-corrected chi connectivity index (χ1v) is 8.13. The van der Waals surface area contributed by atoms with Crippen molar-refractivity contribution in [1.82, 2.24) is 4.98 Å². The third-order valence-corrected chi connectivity index (χ3v) is 4.40. The van der Waals surface area contributed by atoms with Gasteiger partial charge in [-0.2, -0.15) is 0 Å². The molecule has 0 unspecified atom stereocenters. The van der Waals surface area contributed by atoms with Gasteiger partial charge < -0.3 is 9.15 Å². The molecule has 0 aliphatic heterocycles. The molecule has 2 N–H and O–H groups in total. The van der Waals surface area contributed by atoms with Crippen molar-refractivity contribution in [2.45, 2.75) is 30.6 Å². The maximum absolute atomic E-state index is 11.7. The maximum Gasteiger partial charge on any atom is 0.241 e. The number of benzene rings is 1. The quantitative estimate of drug-likeness (QED) is 0.934. The van der Waals surface area contributed by atoms with Crippen molar-refractivity contribution in [3.63, 3.8) is 0 Å². The van der Waals surface area contributed by atoms with Gasteiger partial charge in [-0.1, -0.05) is 0 Å². The van der Waals surface area contributed by atoms with E-state index in [1.54, 1.807) is 12.1 Å². The summed E-state index contributed by atoms with van der Waals surface area (Å²) < 4.78 is 34.1. The fraction of sp³-hybridized carbons (Fsp3) is 0.357. The van der Waals surface area contributed by atoms with Crippen molar-refractivity contribution < 1.29 is 17.6 Å². The summed E-state index contributed by atoms with van der Waals surface area (Å²) in [7, 11) is -2.48. The lowest BCUT2D eigenvalue weighted by Crippen LogP contribution is -2.13. The second kappa shape index (κ2) is 4.85. The first-order valence-electron chi connectivity index (χ1n) is 6.58. The van der Waals surface area contributed by atoms with Crippen LogP contribution >= 0.6 is 0 Å². The van der Waals surface area contributed by atoms with Gasteiger partial charge in [-0.3, -0.25) is 0 Å². The number of ether oxygens (including phenoxy) is 1. The van der Waals surface area contributed by atoms with Crippen LogP contribution in [0.1, 0.15) is 30.3 Å². The van der Waals surface area contributed by atoms with Gasteiger partial charge >= 0.3 is 0 Å². The minimum absolute atomic E-state index is 0.0636. The Bertz CT molecular complexity index is 791. The van der Waals surface area contributed by atoms with Crippen LogP contribution in [-0.2, 0) is 10.0 Å². The van der Waals surface area contributed by atoms with Crippen molar-refractivity contribution >= 4 is 10.0 Å². The van der Waals surface area contributed by atoms with E-state index in [0.29, 0.717) is 17.2 Å². The zero-order valence-corrected chi connectivity index (χ0v) is 12.6. The molecule has 1 fully saturated rings. The smallest absolute Gasteiger partial charge is 0.241 e. The molecule has 0 spiro atoms. The highest BCUT2D eigenvalue weighted by atomic mass is 32.2. The fourth-order valence-corrected chi connectivity index (χ4v) is 2.95. The monoisotopic (exact) mass is 308 g/mol. The number of oxazole rings is 1. The Balaban J connectivity index is 2.10. The molecule has 1 aromatic carbocycles. The Labute approximate surface area is 123 Å². The molecule has 21 heavy (non-hydrogen) atoms. The lowest BCUT2D eigenvalue weighted by Gasteiger charge is -2.08. The van der Waals surface area contributed by atoms with Crippen LogP contribution in [0.5, 0.6) is 5.75 Å². The predicted octanol–water partition coefficient (Wildman–Crippen LogP) is 2.18. The highest BCUT2D eigenvalue weighted by molar-refractivity contribution is 7.89. The average molecular weight is 308 g/mol. The summed E-state index contributed by atoms with van der Waals surface area (Å²) >= 11 is 0. The molecular weight excluding hydrogens is 292 g/mol. The van der Waals surface area contributed by atoms with Gasteiger partial charge in [-0.05, 0) is 38.0 Å². The minimum Gasteiger partial charge on any atom is -0.495 e. The molecule has 1 aliphatic carbocycles. The number of hydrogen-bond acceptors (Lipinski definition) is 5. The molecule has 1 aromatic heterocycles. The minimum atomic E-state index is -3.87. The van der Waals surface area contributed by atoms with E-state index in [0.717, 1.165) is 24.4 Å². The maximum atomic E-state index is 11.7. The molecule has 0 amide bonds. The molecule has 0 radical (unpaired) electrons. The molecule has 6 nitrogen and oxygen atoms in total. The Hall–Kier alpha value is -1.86. The third kappa shape index (κ3) is 2.66. The largest absolute Gasteiger partial charge is 0.495 e. The second-order valence-electron chi connectivity index (χ2n) is 5.15. The highest BCUT2D eigenvalue weighted by Gasteiger charge is 2.30. The molecule has 7 heteroatoms. The normalized spacial score (nSPS) is 15.2. The van der Waals surface area contributed by atoms with Crippen molar-refractivity contribution in [2.75, 3.05) is 7.11 Å². The molecular formula is C14H16N2O4S. The van der Waals surface area contributed by atoms with Crippen molar-refractivity contribution in [2.24, 2.45) is 5.14 Å². The lowest BCUT2D eigenvalue weighted by atomic mass is 10.1. The Morgan fingerprint density at radius 3 is 2.67 bits per heavy atom. The summed E-state index contributed by atoms with van der Waals surface area (Å²) in [5, 5.41) is 5.23. The van der Waals surface area contributed by atoms with E-state index in [4.69, 9.17) is 14.3 Å². The number of aromatic nitrogens is 1. The van der Waals surface area contributed by atoms with Crippen LogP contribution < -0.4 is 9.88 Å². The molecule has 0 atom stereocenters. The third-order valence-electron chi connectivity index (χ3n) is 3.47. The van der Waals surface area contributed by atoms with E-state index in [2.05, 4.69) is 4.98 Å². The SMILES string of the molecule is COc1ccc(-c2oc(C3CC3)nc2C)cc1S(N)(=O)=O. The van der Waals surface area contributed by atoms with E-state index in [9.17, 15) is 8.42 Å². The molecule has 0 saturated heterocycles. The molecule has 1 heterocycles. The van der Waals surface area contributed by atoms with Crippen molar-refractivity contribution in [1.29, 1.82) is 0 Å². The molecule has 2 aromatic rings. The molecule has 1 saturated carbocycles. The lowest BCUT2D eigenvalue weighted by molar-refractivity contribution is 0.402. The zero-order chi connectivity index (χ0) is 15.2. The van der Waals surface area contributed by atoms with Gasteiger partial charge in [0.15, 0.2) is 11.7 Å². The molecule has 112 valence electrons. The number of rotatable bonds is 4. The predicted molar refractivity (Wildman–Crippen MR) is 76.6 cm³/mol. The number of nitrogens with two attached hydrogens (primary N) is 1. The van der Waals surface area contributed by atoms with Crippen molar-refractivity contribution in [3.8, 4) is 17.1 Å². The topological polar surface area (TPSA) is 95.4 Å². The van der Waals surface area contributed by atoms with E-state index < -0.39 is 10.0 Å². The van der Waals surface area contributed by atoms with Gasteiger partial charge in [0.25, 0.3) is 0 Å². The Morgan fingerprint density at radius 2 is 2.10 bits per heavy atom. The summed E-state index contributed by atoms with van der Waals surface area (Å²) in [6.45, 7) is 1.84. The van der Waals surface area contributed by atoms with Crippen LogP contribution in [0.4, 0.5) is 0 Å². The van der Waals surface area contributed by atoms with Gasteiger partial charge in [0.1, 0.15) is 10.6 Å². The molecule has 1 aliphatic rings. The number of hydrogen-bond donors (Lipinski definition) is 1. The van der Waals surface area contributed by atoms with Crippen LogP contribution in [0.25, 0.3) is 11.3 Å². The van der Waals surface area contributed by atoms with Gasteiger partial charge in [0.05, 0.1) is 12.8 Å². The summed E-state index contributed by atoms with van der Waals surface area (Å²) in [6.07, 6.45) is 2.18. The number of nitrogens with zero attached hydrogens (tertiary/aromatic N) is 1. The van der Waals surface area contributed by atoms with Crippen LogP contribution in [0.15, 0.2) is 27.5 Å². The summed E-state index contributed by atoms with van der Waals surface area (Å²) in [5.41, 5.74) is 1.36. The van der Waals surface area contributed by atoms with Crippen molar-refractivity contribution in [3.05, 3.63) is 29.8 Å². The van der Waals surface area contributed by atoms with Gasteiger partial charge in [-0.15, -0.1) is 0 Å². The number of primary sulfonamides is 1. The summed E-state index contributed by atoms with van der Waals surface area (Å²) in [6, 6.07) is 4.75. The zero-order valence-electron chi connectivity index (χ0n) is 11.8. The second-order valence-corrected chi connectivity index (χ2v) is 6.68. The van der Waals surface area contributed by atoms with E-state index >= 15 is 0 Å². The Kier molecular flexibility index (Phi) is 3.26. The first-order chi connectivity index (χ1) is 9.90. The van der Waals surface area contributed by atoms with Gasteiger partial charge in [0, 0.05) is 11.5 Å². The number of sulfonamides is 1.